The number of carbonyl (C=O) groups excluding carboxylic acids is 1. The van der Waals surface area contributed by atoms with Gasteiger partial charge in [0, 0.05) is 36.8 Å². The number of aromatic nitrogens is 1. The molecule has 7 heteroatoms. The van der Waals surface area contributed by atoms with Crippen molar-refractivity contribution in [3.8, 4) is 0 Å². The van der Waals surface area contributed by atoms with Gasteiger partial charge in [-0.1, -0.05) is 29.8 Å². The minimum Gasteiger partial charge on any atom is -0.391 e. The summed E-state index contributed by atoms with van der Waals surface area (Å²) < 4.78 is 2.18. The van der Waals surface area contributed by atoms with Gasteiger partial charge in [-0.2, -0.15) is 0 Å². The number of pyridine rings is 1. The monoisotopic (exact) mass is 371 g/mol. The Bertz CT molecular complexity index is 1020. The van der Waals surface area contributed by atoms with Crippen molar-refractivity contribution in [2.24, 2.45) is 12.8 Å². The number of aryl methyl sites for hydroxylation is 2. The molecule has 6 nitrogen and oxygen atoms in total. The van der Waals surface area contributed by atoms with Crippen LogP contribution in [0.25, 0.3) is 10.2 Å². The number of aliphatic hydroxyl groups excluding tert-OH is 1. The van der Waals surface area contributed by atoms with Crippen molar-refractivity contribution in [3.05, 3.63) is 67.8 Å². The van der Waals surface area contributed by atoms with Gasteiger partial charge < -0.3 is 20.7 Å². The number of hydrogen-bond acceptors (Lipinski definition) is 5. The molecule has 2 aromatic heterocycles. The van der Waals surface area contributed by atoms with Crippen molar-refractivity contribution in [3.63, 3.8) is 0 Å². The molecule has 1 amide bonds. The molecule has 0 aliphatic rings. The lowest BCUT2D eigenvalue weighted by Gasteiger charge is -2.09. The van der Waals surface area contributed by atoms with E-state index >= 15 is 0 Å². The van der Waals surface area contributed by atoms with E-state index in [0.29, 0.717) is 21.6 Å². The van der Waals surface area contributed by atoms with Crippen LogP contribution in [0.5, 0.6) is 0 Å². The molecule has 0 unspecified atom stereocenters. The summed E-state index contributed by atoms with van der Waals surface area (Å²) in [5.41, 5.74) is 9.07. The maximum atomic E-state index is 12.8. The molecule has 0 aliphatic carbocycles. The second-order valence-corrected chi connectivity index (χ2v) is 7.30. The third kappa shape index (κ3) is 3.29. The van der Waals surface area contributed by atoms with Crippen LogP contribution in [-0.2, 0) is 26.7 Å². The van der Waals surface area contributed by atoms with Crippen molar-refractivity contribution in [1.82, 2.24) is 9.88 Å². The van der Waals surface area contributed by atoms with Crippen LogP contribution in [-0.4, -0.2) is 15.6 Å². The molecule has 3 rings (SSSR count). The number of nitrogens with zero attached hydrogens (tertiary/aromatic N) is 1. The zero-order chi connectivity index (χ0) is 18.8. The van der Waals surface area contributed by atoms with Crippen molar-refractivity contribution in [2.75, 3.05) is 0 Å². The molecule has 4 N–H and O–H groups in total. The number of aliphatic hydroxyl groups is 1. The molecule has 0 saturated carbocycles. The topological polar surface area (TPSA) is 97.3 Å². The van der Waals surface area contributed by atoms with E-state index in [4.69, 9.17) is 5.73 Å². The van der Waals surface area contributed by atoms with E-state index in [2.05, 4.69) is 5.32 Å². The van der Waals surface area contributed by atoms with Gasteiger partial charge in [0.15, 0.2) is 0 Å². The molecule has 3 aromatic rings. The number of rotatable bonds is 5. The van der Waals surface area contributed by atoms with E-state index in [9.17, 15) is 14.7 Å². The van der Waals surface area contributed by atoms with Gasteiger partial charge in [-0.05, 0) is 12.5 Å². The molecule has 2 heterocycles. The highest BCUT2D eigenvalue weighted by molar-refractivity contribution is 7.19. The SMILES string of the molecule is Cc1ccc(CNC(=O)c2cn(C)c3c(CN)c(CO)sc3c2=O)cc1. The smallest absolute Gasteiger partial charge is 0.257 e. The second-order valence-electron chi connectivity index (χ2n) is 6.19. The van der Waals surface area contributed by atoms with Crippen molar-refractivity contribution in [1.29, 1.82) is 0 Å². The number of thiophene rings is 1. The zero-order valence-corrected chi connectivity index (χ0v) is 15.5. The highest BCUT2D eigenvalue weighted by Gasteiger charge is 2.20. The summed E-state index contributed by atoms with van der Waals surface area (Å²) in [6.45, 7) is 2.39. The van der Waals surface area contributed by atoms with E-state index < -0.39 is 5.91 Å². The van der Waals surface area contributed by atoms with Gasteiger partial charge in [0.25, 0.3) is 5.91 Å². The summed E-state index contributed by atoms with van der Waals surface area (Å²) in [5.74, 6) is -0.415. The number of amides is 1. The average molecular weight is 371 g/mol. The van der Waals surface area contributed by atoms with E-state index in [1.54, 1.807) is 11.6 Å². The highest BCUT2D eigenvalue weighted by atomic mass is 32.1. The molecule has 0 aliphatic heterocycles. The first-order chi connectivity index (χ1) is 12.5. The molecule has 1 aromatic carbocycles. The Balaban J connectivity index is 1.94. The molecule has 0 fully saturated rings. The fourth-order valence-electron chi connectivity index (χ4n) is 2.95. The Morgan fingerprint density at radius 1 is 1.31 bits per heavy atom. The first-order valence-corrected chi connectivity index (χ1v) is 9.06. The Morgan fingerprint density at radius 2 is 2.00 bits per heavy atom. The maximum Gasteiger partial charge on any atom is 0.257 e. The molecular weight excluding hydrogens is 350 g/mol. The number of nitrogens with one attached hydrogen (secondary N) is 1. The lowest BCUT2D eigenvalue weighted by molar-refractivity contribution is 0.0949. The fourth-order valence-corrected chi connectivity index (χ4v) is 4.13. The Morgan fingerprint density at radius 3 is 2.62 bits per heavy atom. The minimum atomic E-state index is -0.415. The third-order valence-electron chi connectivity index (χ3n) is 4.36. The zero-order valence-electron chi connectivity index (χ0n) is 14.7. The van der Waals surface area contributed by atoms with E-state index in [0.717, 1.165) is 16.7 Å². The average Bonchev–Trinajstić information content (AvgIpc) is 3.03. The molecule has 0 saturated heterocycles. The maximum absolute atomic E-state index is 12.8. The summed E-state index contributed by atoms with van der Waals surface area (Å²) in [7, 11) is 1.77. The van der Waals surface area contributed by atoms with E-state index in [1.807, 2.05) is 31.2 Å². The van der Waals surface area contributed by atoms with Crippen molar-refractivity contribution in [2.45, 2.75) is 26.6 Å². The number of benzene rings is 1. The van der Waals surface area contributed by atoms with Crippen LogP contribution < -0.4 is 16.5 Å². The quantitative estimate of drug-likeness (QED) is 0.637. The predicted octanol–water partition coefficient (Wildman–Crippen LogP) is 1.79. The number of carbonyl (C=O) groups is 1. The summed E-state index contributed by atoms with van der Waals surface area (Å²) in [6, 6.07) is 7.83. The summed E-state index contributed by atoms with van der Waals surface area (Å²) in [4.78, 5) is 26.0. The normalized spacial score (nSPS) is 11.1. The van der Waals surface area contributed by atoms with Crippen LogP contribution in [0.1, 0.15) is 31.9 Å². The van der Waals surface area contributed by atoms with Crippen LogP contribution in [0.4, 0.5) is 0 Å². The molecule has 26 heavy (non-hydrogen) atoms. The number of hydrogen-bond donors (Lipinski definition) is 3. The van der Waals surface area contributed by atoms with Gasteiger partial charge in [0.05, 0.1) is 16.8 Å². The van der Waals surface area contributed by atoms with E-state index in [-0.39, 0.29) is 24.1 Å². The Labute approximate surface area is 154 Å². The summed E-state index contributed by atoms with van der Waals surface area (Å²) in [5, 5.41) is 12.3. The summed E-state index contributed by atoms with van der Waals surface area (Å²) >= 11 is 1.19. The van der Waals surface area contributed by atoms with Gasteiger partial charge in [0.2, 0.25) is 5.43 Å². The fraction of sp³-hybridized carbons (Fsp3) is 0.263. The van der Waals surface area contributed by atoms with Crippen LogP contribution in [0, 0.1) is 6.92 Å². The van der Waals surface area contributed by atoms with Gasteiger partial charge in [-0.25, -0.2) is 0 Å². The van der Waals surface area contributed by atoms with Crippen LogP contribution in [0.3, 0.4) is 0 Å². The molecule has 0 radical (unpaired) electrons. The standard InChI is InChI=1S/C19H21N3O3S/c1-11-3-5-12(6-4-11)8-21-19(25)14-9-22(2)16-13(7-20)15(10-23)26-18(16)17(14)24/h3-6,9,23H,7-8,10,20H2,1-2H3,(H,21,25). The van der Waals surface area contributed by atoms with Crippen molar-refractivity contribution < 1.29 is 9.90 Å². The lowest BCUT2D eigenvalue weighted by atomic mass is 10.1. The molecular formula is C19H21N3O3S. The van der Waals surface area contributed by atoms with Crippen LogP contribution in [0.15, 0.2) is 35.3 Å². The second kappa shape index (κ2) is 7.41. The largest absolute Gasteiger partial charge is 0.391 e. The van der Waals surface area contributed by atoms with Gasteiger partial charge in [-0.3, -0.25) is 9.59 Å². The Hall–Kier alpha value is -2.48. The van der Waals surface area contributed by atoms with Gasteiger partial charge >= 0.3 is 0 Å². The first-order valence-electron chi connectivity index (χ1n) is 8.24. The lowest BCUT2D eigenvalue weighted by Crippen LogP contribution is -2.29. The molecule has 0 spiro atoms. The number of fused-ring (bicyclic) bond motifs is 1. The van der Waals surface area contributed by atoms with Gasteiger partial charge in [-0.15, -0.1) is 11.3 Å². The number of nitrogens with two attached hydrogens (primary N) is 1. The van der Waals surface area contributed by atoms with Crippen molar-refractivity contribution >= 4 is 27.5 Å². The minimum absolute atomic E-state index is 0.0847. The highest BCUT2D eigenvalue weighted by Crippen LogP contribution is 2.29. The van der Waals surface area contributed by atoms with Crippen LogP contribution in [0.2, 0.25) is 0 Å². The third-order valence-corrected chi connectivity index (χ3v) is 5.56. The van der Waals surface area contributed by atoms with Crippen LogP contribution >= 0.6 is 11.3 Å². The van der Waals surface area contributed by atoms with Gasteiger partial charge in [0.1, 0.15) is 5.56 Å². The predicted molar refractivity (Wildman–Crippen MR) is 103 cm³/mol. The molecule has 0 bridgehead atoms. The first kappa shape index (κ1) is 18.3. The molecule has 0 atom stereocenters. The molecule has 136 valence electrons. The van der Waals surface area contributed by atoms with E-state index in [1.165, 1.54) is 17.5 Å². The summed E-state index contributed by atoms with van der Waals surface area (Å²) in [6.07, 6.45) is 1.53. The Kier molecular flexibility index (Phi) is 5.22.